The van der Waals surface area contributed by atoms with Gasteiger partial charge in [-0.3, -0.25) is 4.79 Å². The first kappa shape index (κ1) is 19.2. The lowest BCUT2D eigenvalue weighted by Gasteiger charge is -2.38. The zero-order valence-corrected chi connectivity index (χ0v) is 16.3. The third-order valence-corrected chi connectivity index (χ3v) is 5.48. The Labute approximate surface area is 161 Å². The molecule has 0 bridgehead atoms. The molecule has 0 spiro atoms. The normalized spacial score (nSPS) is 16.1. The van der Waals surface area contributed by atoms with Gasteiger partial charge < -0.3 is 19.8 Å². The summed E-state index contributed by atoms with van der Waals surface area (Å²) in [5, 5.41) is 9.49. The van der Waals surface area contributed by atoms with Crippen LogP contribution in [-0.2, 0) is 4.79 Å². The molecule has 5 heteroatoms. The number of carbonyl (C=O) groups excluding carboxylic acids is 1. The van der Waals surface area contributed by atoms with Gasteiger partial charge in [0.25, 0.3) is 5.91 Å². The molecule has 1 heterocycles. The fourth-order valence-corrected chi connectivity index (χ4v) is 3.92. The number of rotatable bonds is 6. The Morgan fingerprint density at radius 2 is 1.63 bits per heavy atom. The molecule has 1 fully saturated rings. The van der Waals surface area contributed by atoms with E-state index < -0.39 is 0 Å². The number of amides is 1. The van der Waals surface area contributed by atoms with Crippen molar-refractivity contribution in [3.05, 3.63) is 60.2 Å². The SMILES string of the molecule is CCN(CC)C(=O)[C@@H](c1ccccc1)[NH+]1CCN(c2ccc(O)cc2)CC1. The van der Waals surface area contributed by atoms with Crippen LogP contribution < -0.4 is 9.80 Å². The molecule has 1 amide bonds. The number of anilines is 1. The van der Waals surface area contributed by atoms with Crippen LogP contribution in [0.1, 0.15) is 25.5 Å². The van der Waals surface area contributed by atoms with Gasteiger partial charge in [-0.1, -0.05) is 30.3 Å². The van der Waals surface area contributed by atoms with Crippen LogP contribution in [0.5, 0.6) is 5.75 Å². The molecule has 0 aliphatic carbocycles. The molecule has 0 radical (unpaired) electrons. The minimum absolute atomic E-state index is 0.145. The van der Waals surface area contributed by atoms with Crippen LogP contribution >= 0.6 is 0 Å². The number of nitrogens with zero attached hydrogens (tertiary/aromatic N) is 2. The van der Waals surface area contributed by atoms with Crippen LogP contribution in [0.2, 0.25) is 0 Å². The highest BCUT2D eigenvalue weighted by atomic mass is 16.3. The number of quaternary nitrogens is 1. The van der Waals surface area contributed by atoms with E-state index in [0.717, 1.165) is 50.5 Å². The highest BCUT2D eigenvalue weighted by molar-refractivity contribution is 5.82. The van der Waals surface area contributed by atoms with E-state index in [-0.39, 0.29) is 17.7 Å². The fourth-order valence-electron chi connectivity index (χ4n) is 3.92. The van der Waals surface area contributed by atoms with Crippen molar-refractivity contribution in [2.24, 2.45) is 0 Å². The predicted octanol–water partition coefficient (Wildman–Crippen LogP) is 1.71. The van der Waals surface area contributed by atoms with E-state index >= 15 is 0 Å². The highest BCUT2D eigenvalue weighted by Gasteiger charge is 2.36. The van der Waals surface area contributed by atoms with E-state index in [2.05, 4.69) is 17.0 Å². The fraction of sp³-hybridized carbons (Fsp3) is 0.409. The molecule has 0 aromatic heterocycles. The third kappa shape index (κ3) is 4.42. The quantitative estimate of drug-likeness (QED) is 0.816. The molecule has 0 saturated carbocycles. The van der Waals surface area contributed by atoms with E-state index in [1.54, 1.807) is 12.1 Å². The number of phenolic OH excluding ortho intramolecular Hbond substituents is 1. The Hall–Kier alpha value is -2.53. The topological polar surface area (TPSA) is 48.2 Å². The molecule has 2 aromatic rings. The second kappa shape index (κ2) is 8.91. The first-order chi connectivity index (χ1) is 13.1. The molecular formula is C22H30N3O2+. The minimum atomic E-state index is -0.145. The number of aromatic hydroxyl groups is 1. The predicted molar refractivity (Wildman–Crippen MR) is 108 cm³/mol. The number of piperazine rings is 1. The van der Waals surface area contributed by atoms with Crippen LogP contribution in [-0.4, -0.2) is 55.2 Å². The number of carbonyl (C=O) groups is 1. The lowest BCUT2D eigenvalue weighted by atomic mass is 10.0. The van der Waals surface area contributed by atoms with Gasteiger partial charge in [0.05, 0.1) is 26.2 Å². The van der Waals surface area contributed by atoms with E-state index in [9.17, 15) is 9.90 Å². The second-order valence-electron chi connectivity index (χ2n) is 7.02. The van der Waals surface area contributed by atoms with Crippen molar-refractivity contribution >= 4 is 11.6 Å². The Morgan fingerprint density at radius 1 is 1.04 bits per heavy atom. The zero-order valence-electron chi connectivity index (χ0n) is 16.3. The summed E-state index contributed by atoms with van der Waals surface area (Å²) < 4.78 is 0. The molecule has 144 valence electrons. The summed E-state index contributed by atoms with van der Waals surface area (Å²) in [4.78, 5) is 18.9. The lowest BCUT2D eigenvalue weighted by Crippen LogP contribution is -3.16. The molecule has 5 nitrogen and oxygen atoms in total. The van der Waals surface area contributed by atoms with Gasteiger partial charge in [0.2, 0.25) is 0 Å². The molecule has 2 N–H and O–H groups in total. The van der Waals surface area contributed by atoms with Crippen molar-refractivity contribution in [1.29, 1.82) is 0 Å². The van der Waals surface area contributed by atoms with Gasteiger partial charge in [-0.25, -0.2) is 0 Å². The van der Waals surface area contributed by atoms with Crippen LogP contribution in [0.4, 0.5) is 5.69 Å². The largest absolute Gasteiger partial charge is 0.508 e. The summed E-state index contributed by atoms with van der Waals surface area (Å²) in [5.41, 5.74) is 2.22. The molecular weight excluding hydrogens is 338 g/mol. The van der Waals surface area contributed by atoms with Crippen molar-refractivity contribution in [1.82, 2.24) is 4.90 Å². The number of nitrogens with one attached hydrogen (secondary N) is 1. The smallest absolute Gasteiger partial charge is 0.285 e. The monoisotopic (exact) mass is 368 g/mol. The molecule has 3 rings (SSSR count). The number of hydrogen-bond acceptors (Lipinski definition) is 3. The van der Waals surface area contributed by atoms with Crippen molar-refractivity contribution in [2.75, 3.05) is 44.2 Å². The van der Waals surface area contributed by atoms with Gasteiger partial charge in [-0.15, -0.1) is 0 Å². The summed E-state index contributed by atoms with van der Waals surface area (Å²) in [5.74, 6) is 0.510. The van der Waals surface area contributed by atoms with Gasteiger partial charge in [0.1, 0.15) is 5.75 Å². The standard InChI is InChI=1S/C22H29N3O2/c1-3-23(4-2)22(27)21(18-8-6-5-7-9-18)25-16-14-24(15-17-25)19-10-12-20(26)13-11-19/h5-13,21,26H,3-4,14-17H2,1-2H3/p+1/t21-/m1/s1. The summed E-state index contributed by atoms with van der Waals surface area (Å²) in [6.07, 6.45) is 0. The van der Waals surface area contributed by atoms with Gasteiger partial charge in [-0.2, -0.15) is 0 Å². The average molecular weight is 369 g/mol. The molecule has 1 aliphatic heterocycles. The van der Waals surface area contributed by atoms with Crippen LogP contribution in [0.15, 0.2) is 54.6 Å². The molecule has 0 unspecified atom stereocenters. The Morgan fingerprint density at radius 3 is 2.19 bits per heavy atom. The number of phenols is 1. The molecule has 2 aromatic carbocycles. The minimum Gasteiger partial charge on any atom is -0.508 e. The van der Waals surface area contributed by atoms with E-state index in [1.807, 2.05) is 49.1 Å². The Kier molecular flexibility index (Phi) is 6.35. The first-order valence-electron chi connectivity index (χ1n) is 9.86. The summed E-state index contributed by atoms with van der Waals surface area (Å²) >= 11 is 0. The average Bonchev–Trinajstić information content (AvgIpc) is 2.71. The summed E-state index contributed by atoms with van der Waals surface area (Å²) in [6, 6.07) is 17.4. The van der Waals surface area contributed by atoms with Gasteiger partial charge in [-0.05, 0) is 38.1 Å². The second-order valence-corrected chi connectivity index (χ2v) is 7.02. The molecule has 1 atom stereocenters. The van der Waals surface area contributed by atoms with E-state index in [4.69, 9.17) is 0 Å². The summed E-state index contributed by atoms with van der Waals surface area (Å²) in [6.45, 7) is 9.19. The van der Waals surface area contributed by atoms with Crippen LogP contribution in [0.3, 0.4) is 0 Å². The highest BCUT2D eigenvalue weighted by Crippen LogP contribution is 2.19. The number of hydrogen-bond donors (Lipinski definition) is 2. The van der Waals surface area contributed by atoms with Crippen molar-refractivity contribution in [3.8, 4) is 5.75 Å². The van der Waals surface area contributed by atoms with Crippen molar-refractivity contribution in [3.63, 3.8) is 0 Å². The molecule has 1 saturated heterocycles. The lowest BCUT2D eigenvalue weighted by molar-refractivity contribution is -0.922. The van der Waals surface area contributed by atoms with Crippen LogP contribution in [0.25, 0.3) is 0 Å². The zero-order chi connectivity index (χ0) is 19.2. The van der Waals surface area contributed by atoms with Crippen molar-refractivity contribution < 1.29 is 14.8 Å². The Balaban J connectivity index is 1.76. The number of benzene rings is 2. The molecule has 27 heavy (non-hydrogen) atoms. The molecule has 1 aliphatic rings. The first-order valence-corrected chi connectivity index (χ1v) is 9.86. The maximum atomic E-state index is 13.3. The summed E-state index contributed by atoms with van der Waals surface area (Å²) in [7, 11) is 0. The van der Waals surface area contributed by atoms with E-state index in [0.29, 0.717) is 0 Å². The van der Waals surface area contributed by atoms with Crippen molar-refractivity contribution in [2.45, 2.75) is 19.9 Å². The van der Waals surface area contributed by atoms with Crippen LogP contribution in [0, 0.1) is 0 Å². The van der Waals surface area contributed by atoms with Gasteiger partial charge in [0.15, 0.2) is 6.04 Å². The number of likely N-dealkylation sites (N-methyl/N-ethyl adjacent to an activating group) is 1. The Bertz CT molecular complexity index is 721. The van der Waals surface area contributed by atoms with E-state index in [1.165, 1.54) is 4.90 Å². The third-order valence-electron chi connectivity index (χ3n) is 5.48. The maximum Gasteiger partial charge on any atom is 0.285 e. The maximum absolute atomic E-state index is 13.3. The van der Waals surface area contributed by atoms with Gasteiger partial charge in [0, 0.05) is 24.3 Å². The van der Waals surface area contributed by atoms with Gasteiger partial charge >= 0.3 is 0 Å².